The number of imide groups is 1. The average Bonchev–Trinajstić information content (AvgIpc) is 3.15. The van der Waals surface area contributed by atoms with Crippen molar-refractivity contribution >= 4 is 17.5 Å². The highest BCUT2D eigenvalue weighted by Crippen LogP contribution is 2.31. The predicted octanol–water partition coefficient (Wildman–Crippen LogP) is 4.03. The molecule has 2 amide bonds. The second kappa shape index (κ2) is 9.30. The lowest BCUT2D eigenvalue weighted by molar-refractivity contribution is -0.123. The molecular formula is C28H29N3O2. The van der Waals surface area contributed by atoms with Crippen molar-refractivity contribution in [2.24, 2.45) is 0 Å². The molecule has 0 saturated carbocycles. The van der Waals surface area contributed by atoms with Crippen LogP contribution in [0.2, 0.25) is 0 Å². The van der Waals surface area contributed by atoms with Gasteiger partial charge in [0, 0.05) is 26.2 Å². The summed E-state index contributed by atoms with van der Waals surface area (Å²) in [6.07, 6.45) is 0.257. The van der Waals surface area contributed by atoms with Crippen LogP contribution < -0.4 is 4.90 Å². The maximum atomic E-state index is 13.2. The van der Waals surface area contributed by atoms with Gasteiger partial charge in [-0.25, -0.2) is 4.90 Å². The van der Waals surface area contributed by atoms with Crippen LogP contribution >= 0.6 is 0 Å². The third kappa shape index (κ3) is 4.34. The largest absolute Gasteiger partial charge is 0.290 e. The number of amides is 2. The summed E-state index contributed by atoms with van der Waals surface area (Å²) in [6.45, 7) is 5.22. The maximum absolute atomic E-state index is 13.2. The van der Waals surface area contributed by atoms with Crippen LogP contribution in [0.1, 0.15) is 29.2 Å². The van der Waals surface area contributed by atoms with Crippen LogP contribution in [0.25, 0.3) is 0 Å². The number of piperazine rings is 1. The topological polar surface area (TPSA) is 43.9 Å². The minimum absolute atomic E-state index is 0.0972. The molecule has 168 valence electrons. The van der Waals surface area contributed by atoms with Gasteiger partial charge in [-0.1, -0.05) is 78.4 Å². The molecule has 3 aromatic rings. The lowest BCUT2D eigenvalue weighted by Gasteiger charge is -2.41. The van der Waals surface area contributed by atoms with Crippen LogP contribution in [0, 0.1) is 6.92 Å². The van der Waals surface area contributed by atoms with Gasteiger partial charge in [0.1, 0.15) is 0 Å². The molecule has 2 aliphatic heterocycles. The molecule has 1 atom stereocenters. The first-order valence-electron chi connectivity index (χ1n) is 11.6. The smallest absolute Gasteiger partial charge is 0.251 e. The molecule has 0 radical (unpaired) electrons. The fourth-order valence-electron chi connectivity index (χ4n) is 5.06. The van der Waals surface area contributed by atoms with E-state index in [9.17, 15) is 9.59 Å². The molecule has 3 aromatic carbocycles. The number of benzene rings is 3. The molecule has 2 aliphatic rings. The summed E-state index contributed by atoms with van der Waals surface area (Å²) in [7, 11) is 0. The third-order valence-corrected chi connectivity index (χ3v) is 6.80. The number of nitrogens with zero attached hydrogens (tertiary/aromatic N) is 3. The van der Waals surface area contributed by atoms with Crippen molar-refractivity contribution in [2.45, 2.75) is 25.4 Å². The Labute approximate surface area is 195 Å². The molecule has 1 unspecified atom stereocenters. The number of carbonyl (C=O) groups excluding carboxylic acids is 2. The fraction of sp³-hybridized carbons (Fsp3) is 0.286. The zero-order chi connectivity index (χ0) is 22.8. The van der Waals surface area contributed by atoms with Crippen LogP contribution in [0.3, 0.4) is 0 Å². The highest BCUT2D eigenvalue weighted by atomic mass is 16.2. The van der Waals surface area contributed by atoms with Gasteiger partial charge in [-0.15, -0.1) is 0 Å². The molecule has 5 nitrogen and oxygen atoms in total. The Morgan fingerprint density at radius 3 is 1.82 bits per heavy atom. The second-order valence-electron chi connectivity index (χ2n) is 8.92. The van der Waals surface area contributed by atoms with E-state index in [-0.39, 0.29) is 30.3 Å². The molecule has 33 heavy (non-hydrogen) atoms. The normalized spacial score (nSPS) is 20.1. The monoisotopic (exact) mass is 439 g/mol. The summed E-state index contributed by atoms with van der Waals surface area (Å²) in [4.78, 5) is 32.0. The van der Waals surface area contributed by atoms with Crippen molar-refractivity contribution in [2.75, 3.05) is 31.1 Å². The maximum Gasteiger partial charge on any atom is 0.251 e. The van der Waals surface area contributed by atoms with Gasteiger partial charge in [0.05, 0.1) is 24.2 Å². The van der Waals surface area contributed by atoms with Crippen molar-refractivity contribution in [1.29, 1.82) is 0 Å². The van der Waals surface area contributed by atoms with Crippen molar-refractivity contribution in [3.8, 4) is 0 Å². The summed E-state index contributed by atoms with van der Waals surface area (Å²) in [5.74, 6) is -0.206. The Hall–Kier alpha value is -3.28. The molecule has 2 fully saturated rings. The number of anilines is 1. The number of rotatable bonds is 5. The van der Waals surface area contributed by atoms with Crippen molar-refractivity contribution in [3.05, 3.63) is 102 Å². The number of carbonyl (C=O) groups is 2. The van der Waals surface area contributed by atoms with E-state index in [2.05, 4.69) is 58.3 Å². The van der Waals surface area contributed by atoms with Crippen LogP contribution in [0.5, 0.6) is 0 Å². The zero-order valence-electron chi connectivity index (χ0n) is 18.9. The fourth-order valence-corrected chi connectivity index (χ4v) is 5.06. The lowest BCUT2D eigenvalue weighted by atomic mass is 9.96. The molecule has 5 rings (SSSR count). The number of hydrogen-bond donors (Lipinski definition) is 0. The number of aryl methyl sites for hydroxylation is 1. The number of hydrogen-bond acceptors (Lipinski definition) is 4. The van der Waals surface area contributed by atoms with E-state index >= 15 is 0 Å². The summed E-state index contributed by atoms with van der Waals surface area (Å²) in [5, 5.41) is 0. The van der Waals surface area contributed by atoms with Crippen LogP contribution in [0.4, 0.5) is 5.69 Å². The first-order chi connectivity index (χ1) is 16.1. The third-order valence-electron chi connectivity index (χ3n) is 6.80. The van der Waals surface area contributed by atoms with Gasteiger partial charge in [-0.05, 0) is 30.2 Å². The van der Waals surface area contributed by atoms with E-state index in [1.54, 1.807) is 0 Å². The van der Waals surface area contributed by atoms with E-state index in [1.165, 1.54) is 16.0 Å². The Morgan fingerprint density at radius 2 is 1.27 bits per heavy atom. The summed E-state index contributed by atoms with van der Waals surface area (Å²) in [6, 6.07) is 28.6. The second-order valence-corrected chi connectivity index (χ2v) is 8.92. The van der Waals surface area contributed by atoms with Gasteiger partial charge in [0.25, 0.3) is 5.91 Å². The molecular weight excluding hydrogens is 410 g/mol. The Balaban J connectivity index is 1.31. The van der Waals surface area contributed by atoms with Gasteiger partial charge in [0.15, 0.2) is 0 Å². The van der Waals surface area contributed by atoms with Gasteiger partial charge >= 0.3 is 0 Å². The SMILES string of the molecule is Cc1ccc(N2C(=O)CC(N3CCN(C(c4ccccc4)c4ccccc4)CC3)C2=O)cc1. The quantitative estimate of drug-likeness (QED) is 0.563. The van der Waals surface area contributed by atoms with Gasteiger partial charge in [-0.3, -0.25) is 19.4 Å². The van der Waals surface area contributed by atoms with Crippen LogP contribution in [-0.2, 0) is 9.59 Å². The van der Waals surface area contributed by atoms with Gasteiger partial charge in [-0.2, -0.15) is 0 Å². The lowest BCUT2D eigenvalue weighted by Crippen LogP contribution is -2.53. The highest BCUT2D eigenvalue weighted by Gasteiger charge is 2.43. The molecule has 2 heterocycles. The van der Waals surface area contributed by atoms with E-state index in [0.29, 0.717) is 5.69 Å². The molecule has 0 N–H and O–H groups in total. The Kier molecular flexibility index (Phi) is 6.07. The van der Waals surface area contributed by atoms with Crippen molar-refractivity contribution < 1.29 is 9.59 Å². The highest BCUT2D eigenvalue weighted by molar-refractivity contribution is 6.22. The molecule has 5 heteroatoms. The Morgan fingerprint density at radius 1 is 0.727 bits per heavy atom. The average molecular weight is 440 g/mol. The first-order valence-corrected chi connectivity index (χ1v) is 11.6. The van der Waals surface area contributed by atoms with E-state index < -0.39 is 0 Å². The van der Waals surface area contributed by atoms with Gasteiger partial charge in [0.2, 0.25) is 5.91 Å². The first kappa shape index (κ1) is 21.6. The minimum atomic E-state index is -0.368. The minimum Gasteiger partial charge on any atom is -0.290 e. The van der Waals surface area contributed by atoms with Crippen molar-refractivity contribution in [1.82, 2.24) is 9.80 Å². The summed E-state index contributed by atoms with van der Waals surface area (Å²) in [5.41, 5.74) is 4.33. The molecule has 0 spiro atoms. The van der Waals surface area contributed by atoms with Crippen molar-refractivity contribution in [3.63, 3.8) is 0 Å². The van der Waals surface area contributed by atoms with E-state index in [4.69, 9.17) is 0 Å². The Bertz CT molecular complexity index is 1070. The molecule has 0 bridgehead atoms. The summed E-state index contributed by atoms with van der Waals surface area (Å²) < 4.78 is 0. The molecule has 0 aromatic heterocycles. The van der Waals surface area contributed by atoms with E-state index in [1.807, 2.05) is 43.3 Å². The van der Waals surface area contributed by atoms with Crippen LogP contribution in [-0.4, -0.2) is 53.8 Å². The summed E-state index contributed by atoms with van der Waals surface area (Å²) >= 11 is 0. The zero-order valence-corrected chi connectivity index (χ0v) is 18.9. The standard InChI is InChI=1S/C28H29N3O2/c1-21-12-14-24(15-13-21)31-26(32)20-25(28(31)33)29-16-18-30(19-17-29)27(22-8-4-2-5-9-22)23-10-6-3-7-11-23/h2-15,25,27H,16-20H2,1H3. The predicted molar refractivity (Wildman–Crippen MR) is 130 cm³/mol. The van der Waals surface area contributed by atoms with E-state index in [0.717, 1.165) is 31.7 Å². The van der Waals surface area contributed by atoms with Gasteiger partial charge < -0.3 is 0 Å². The van der Waals surface area contributed by atoms with Crippen LogP contribution in [0.15, 0.2) is 84.9 Å². The molecule has 2 saturated heterocycles. The molecule has 0 aliphatic carbocycles.